The van der Waals surface area contributed by atoms with Crippen LogP contribution < -0.4 is 5.32 Å². The van der Waals surface area contributed by atoms with Crippen molar-refractivity contribution in [3.8, 4) is 0 Å². The molecule has 2 heterocycles. The lowest BCUT2D eigenvalue weighted by Gasteiger charge is -2.07. The third-order valence-corrected chi connectivity index (χ3v) is 4.94. The van der Waals surface area contributed by atoms with E-state index in [0.29, 0.717) is 19.4 Å². The van der Waals surface area contributed by atoms with E-state index in [9.17, 15) is 4.79 Å². The maximum atomic E-state index is 12.0. The first kappa shape index (κ1) is 14.8. The van der Waals surface area contributed by atoms with Crippen LogP contribution in [0.4, 0.5) is 0 Å². The first-order chi connectivity index (χ1) is 10.6. The fourth-order valence-electron chi connectivity index (χ4n) is 2.37. The first-order valence-corrected chi connectivity index (χ1v) is 8.17. The summed E-state index contributed by atoms with van der Waals surface area (Å²) in [6, 6.07) is 12.2. The maximum absolute atomic E-state index is 12.0. The van der Waals surface area contributed by atoms with Gasteiger partial charge in [-0.15, -0.1) is 11.3 Å². The fourth-order valence-corrected chi connectivity index (χ4v) is 3.34. The molecule has 0 radical (unpaired) electrons. The Bertz CT molecular complexity index is 770. The van der Waals surface area contributed by atoms with E-state index in [1.54, 1.807) is 11.3 Å². The van der Waals surface area contributed by atoms with Gasteiger partial charge in [0.2, 0.25) is 5.91 Å². The summed E-state index contributed by atoms with van der Waals surface area (Å²) in [6.45, 7) is 2.63. The van der Waals surface area contributed by atoms with Gasteiger partial charge in [0.25, 0.3) is 0 Å². The molecule has 1 aromatic carbocycles. The highest BCUT2D eigenvalue weighted by molar-refractivity contribution is 7.18. The Morgan fingerprint density at radius 1 is 1.27 bits per heavy atom. The van der Waals surface area contributed by atoms with Crippen LogP contribution in [0.5, 0.6) is 0 Å². The van der Waals surface area contributed by atoms with Crippen LogP contribution in [0.15, 0.2) is 36.4 Å². The molecular formula is C17H19N3OS. The molecule has 0 saturated carbocycles. The number of para-hydroxylation sites is 1. The maximum Gasteiger partial charge on any atom is 0.220 e. The summed E-state index contributed by atoms with van der Waals surface area (Å²) in [5, 5.41) is 3.99. The van der Waals surface area contributed by atoms with Gasteiger partial charge in [0.15, 0.2) is 0 Å². The topological polar surface area (TPSA) is 46.9 Å². The quantitative estimate of drug-likeness (QED) is 0.786. The summed E-state index contributed by atoms with van der Waals surface area (Å²) in [5.41, 5.74) is 3.33. The number of nitrogens with zero attached hydrogens (tertiary/aromatic N) is 2. The molecule has 3 rings (SSSR count). The molecule has 0 unspecified atom stereocenters. The van der Waals surface area contributed by atoms with E-state index in [1.165, 1.54) is 10.4 Å². The van der Waals surface area contributed by atoms with Crippen LogP contribution in [0, 0.1) is 6.92 Å². The number of fused-ring (bicyclic) bond motifs is 1. The number of hydrogen-bond donors (Lipinski definition) is 1. The summed E-state index contributed by atoms with van der Waals surface area (Å²) in [7, 11) is 2.01. The molecule has 0 aliphatic carbocycles. The molecule has 0 aliphatic rings. The van der Waals surface area contributed by atoms with Crippen LogP contribution >= 0.6 is 11.3 Å². The predicted octanol–water partition coefficient (Wildman–Crippen LogP) is 3.19. The van der Waals surface area contributed by atoms with Crippen molar-refractivity contribution in [2.75, 3.05) is 0 Å². The molecule has 3 aromatic rings. The summed E-state index contributed by atoms with van der Waals surface area (Å²) in [5.74, 6) is 0.0677. The number of thiazole rings is 1. The van der Waals surface area contributed by atoms with Gasteiger partial charge >= 0.3 is 0 Å². The van der Waals surface area contributed by atoms with Gasteiger partial charge in [-0.05, 0) is 31.2 Å². The van der Waals surface area contributed by atoms with Gasteiger partial charge < -0.3 is 9.88 Å². The smallest absolute Gasteiger partial charge is 0.220 e. The molecule has 1 amide bonds. The molecule has 5 heteroatoms. The fraction of sp³-hybridized carbons (Fsp3) is 0.294. The van der Waals surface area contributed by atoms with Crippen LogP contribution in [-0.2, 0) is 24.8 Å². The third-order valence-electron chi connectivity index (χ3n) is 3.85. The Morgan fingerprint density at radius 2 is 2.09 bits per heavy atom. The number of aryl methyl sites for hydroxylation is 2. The molecule has 0 bridgehead atoms. The summed E-state index contributed by atoms with van der Waals surface area (Å²) in [4.78, 5) is 16.5. The van der Waals surface area contributed by atoms with Crippen LogP contribution in [-0.4, -0.2) is 15.5 Å². The molecule has 0 atom stereocenters. The number of aromatic nitrogens is 2. The van der Waals surface area contributed by atoms with Gasteiger partial charge in [-0.1, -0.05) is 12.1 Å². The minimum Gasteiger partial charge on any atom is -0.351 e. The molecular weight excluding hydrogens is 294 g/mol. The van der Waals surface area contributed by atoms with Crippen molar-refractivity contribution in [2.24, 2.45) is 7.05 Å². The predicted molar refractivity (Wildman–Crippen MR) is 89.9 cm³/mol. The highest BCUT2D eigenvalue weighted by Gasteiger charge is 2.08. The van der Waals surface area contributed by atoms with E-state index in [4.69, 9.17) is 0 Å². The molecule has 0 saturated heterocycles. The van der Waals surface area contributed by atoms with Gasteiger partial charge in [-0.3, -0.25) is 4.79 Å². The molecule has 1 N–H and O–H groups in total. The second-order valence-corrected chi connectivity index (χ2v) is 6.49. The minimum atomic E-state index is 0.0677. The monoisotopic (exact) mass is 313 g/mol. The highest BCUT2D eigenvalue weighted by Crippen LogP contribution is 2.22. The van der Waals surface area contributed by atoms with Crippen molar-refractivity contribution < 1.29 is 4.79 Å². The van der Waals surface area contributed by atoms with Crippen LogP contribution in [0.3, 0.4) is 0 Å². The van der Waals surface area contributed by atoms with Gasteiger partial charge in [-0.25, -0.2) is 4.98 Å². The van der Waals surface area contributed by atoms with Gasteiger partial charge in [-0.2, -0.15) is 0 Å². The molecule has 2 aromatic heterocycles. The van der Waals surface area contributed by atoms with Gasteiger partial charge in [0.05, 0.1) is 21.8 Å². The van der Waals surface area contributed by atoms with E-state index < -0.39 is 0 Å². The second kappa shape index (κ2) is 6.32. The average Bonchev–Trinajstić information content (AvgIpc) is 3.07. The Kier molecular flexibility index (Phi) is 4.24. The standard InChI is InChI=1S/C17H19N3OS/c1-12-7-8-13(20(12)2)11-18-16(21)9-10-17-19-14-5-3-4-6-15(14)22-17/h3-8H,9-11H2,1-2H3,(H,18,21). The Balaban J connectivity index is 1.52. The van der Waals surface area contributed by atoms with Gasteiger partial charge in [0, 0.05) is 31.3 Å². The van der Waals surface area contributed by atoms with Crippen LogP contribution in [0.2, 0.25) is 0 Å². The van der Waals surface area contributed by atoms with Crippen molar-refractivity contribution in [2.45, 2.75) is 26.3 Å². The summed E-state index contributed by atoms with van der Waals surface area (Å²) in [6.07, 6.45) is 1.17. The van der Waals surface area contributed by atoms with Crippen molar-refractivity contribution in [1.29, 1.82) is 0 Å². The van der Waals surface area contributed by atoms with Crippen molar-refractivity contribution >= 4 is 27.5 Å². The summed E-state index contributed by atoms with van der Waals surface area (Å²) < 4.78 is 3.27. The molecule has 0 aliphatic heterocycles. The Labute approximate surface area is 133 Å². The largest absolute Gasteiger partial charge is 0.351 e. The molecule has 22 heavy (non-hydrogen) atoms. The molecule has 114 valence electrons. The number of carbonyl (C=O) groups is 1. The minimum absolute atomic E-state index is 0.0677. The van der Waals surface area contributed by atoms with Crippen molar-refractivity contribution in [3.63, 3.8) is 0 Å². The average molecular weight is 313 g/mol. The Hall–Kier alpha value is -2.14. The highest BCUT2D eigenvalue weighted by atomic mass is 32.1. The van der Waals surface area contributed by atoms with Crippen molar-refractivity contribution in [1.82, 2.24) is 14.9 Å². The third kappa shape index (κ3) is 3.20. The van der Waals surface area contributed by atoms with Crippen molar-refractivity contribution in [3.05, 3.63) is 52.8 Å². The van der Waals surface area contributed by atoms with Gasteiger partial charge in [0.1, 0.15) is 0 Å². The Morgan fingerprint density at radius 3 is 2.82 bits per heavy atom. The normalized spacial score (nSPS) is 11.0. The number of nitrogens with one attached hydrogen (secondary N) is 1. The zero-order valence-electron chi connectivity index (χ0n) is 12.8. The second-order valence-electron chi connectivity index (χ2n) is 5.38. The lowest BCUT2D eigenvalue weighted by Crippen LogP contribution is -2.24. The zero-order chi connectivity index (χ0) is 15.5. The lowest BCUT2D eigenvalue weighted by molar-refractivity contribution is -0.121. The van der Waals surface area contributed by atoms with E-state index in [-0.39, 0.29) is 5.91 Å². The van der Waals surface area contributed by atoms with E-state index in [0.717, 1.165) is 16.2 Å². The zero-order valence-corrected chi connectivity index (χ0v) is 13.6. The number of benzene rings is 1. The number of hydrogen-bond acceptors (Lipinski definition) is 3. The number of rotatable bonds is 5. The first-order valence-electron chi connectivity index (χ1n) is 7.36. The SMILES string of the molecule is Cc1ccc(CNC(=O)CCc2nc3ccccc3s2)n1C. The van der Waals surface area contributed by atoms with E-state index in [1.807, 2.05) is 31.3 Å². The van der Waals surface area contributed by atoms with E-state index >= 15 is 0 Å². The van der Waals surface area contributed by atoms with Crippen LogP contribution in [0.1, 0.15) is 22.8 Å². The molecule has 0 spiro atoms. The number of carbonyl (C=O) groups excluding carboxylic acids is 1. The molecule has 0 fully saturated rings. The van der Waals surface area contributed by atoms with Crippen LogP contribution in [0.25, 0.3) is 10.2 Å². The lowest BCUT2D eigenvalue weighted by atomic mass is 10.3. The number of amides is 1. The van der Waals surface area contributed by atoms with E-state index in [2.05, 4.69) is 33.9 Å². The summed E-state index contributed by atoms with van der Waals surface area (Å²) >= 11 is 1.66. The molecule has 4 nitrogen and oxygen atoms in total.